The number of fused-ring (bicyclic) bond motifs is 1. The minimum absolute atomic E-state index is 0.0246. The molecule has 1 atom stereocenters. The normalized spacial score (nSPS) is 15.4. The second-order valence-corrected chi connectivity index (χ2v) is 7.13. The van der Waals surface area contributed by atoms with E-state index in [2.05, 4.69) is 15.7 Å². The largest absolute Gasteiger partial charge is 0.496 e. The molecular weight excluding hydrogens is 368 g/mol. The molecule has 1 aromatic heterocycles. The van der Waals surface area contributed by atoms with Crippen LogP contribution in [-0.4, -0.2) is 28.7 Å². The Kier molecular flexibility index (Phi) is 4.80. The van der Waals surface area contributed by atoms with Gasteiger partial charge in [0, 0.05) is 16.8 Å². The van der Waals surface area contributed by atoms with E-state index in [1.165, 1.54) is 0 Å². The zero-order chi connectivity index (χ0) is 20.5. The highest BCUT2D eigenvalue weighted by atomic mass is 16.5. The maximum absolute atomic E-state index is 13.0. The number of hydrogen-bond donors (Lipinski definition) is 2. The third kappa shape index (κ3) is 3.47. The van der Waals surface area contributed by atoms with E-state index in [9.17, 15) is 9.59 Å². The first kappa shape index (κ1) is 18.7. The summed E-state index contributed by atoms with van der Waals surface area (Å²) in [6, 6.07) is 12.6. The van der Waals surface area contributed by atoms with Crippen molar-refractivity contribution in [1.29, 1.82) is 0 Å². The molecule has 2 N–H and O–H groups in total. The number of carbonyl (C=O) groups is 2. The number of aryl methyl sites for hydroxylation is 2. The molecule has 1 aliphatic rings. The number of rotatable bonds is 4. The molecule has 0 saturated heterocycles. The first-order chi connectivity index (χ1) is 14.0. The number of nitrogens with zero attached hydrogens (tertiary/aromatic N) is 2. The van der Waals surface area contributed by atoms with Gasteiger partial charge < -0.3 is 15.4 Å². The number of hydrogen-bond acceptors (Lipinski definition) is 4. The van der Waals surface area contributed by atoms with Crippen molar-refractivity contribution in [2.24, 2.45) is 0 Å². The number of anilines is 2. The van der Waals surface area contributed by atoms with E-state index in [0.717, 1.165) is 22.4 Å². The van der Waals surface area contributed by atoms with Gasteiger partial charge in [-0.1, -0.05) is 35.9 Å². The molecule has 0 aliphatic carbocycles. The van der Waals surface area contributed by atoms with E-state index in [4.69, 9.17) is 4.74 Å². The Morgan fingerprint density at radius 1 is 1.21 bits per heavy atom. The highest BCUT2D eigenvalue weighted by Crippen LogP contribution is 2.38. The van der Waals surface area contributed by atoms with Crippen LogP contribution in [0.15, 0.2) is 48.7 Å². The van der Waals surface area contributed by atoms with E-state index in [1.807, 2.05) is 56.3 Å². The number of carbonyl (C=O) groups excluding carboxylic acids is 2. The molecule has 0 saturated carbocycles. The molecule has 7 heteroatoms. The topological polar surface area (TPSA) is 85.2 Å². The Morgan fingerprint density at radius 2 is 2.00 bits per heavy atom. The number of ether oxygens (including phenoxy) is 1. The Balaban J connectivity index is 1.69. The summed E-state index contributed by atoms with van der Waals surface area (Å²) >= 11 is 0. The van der Waals surface area contributed by atoms with Crippen LogP contribution in [-0.2, 0) is 9.59 Å². The van der Waals surface area contributed by atoms with Crippen LogP contribution in [0.2, 0.25) is 0 Å². The highest BCUT2D eigenvalue weighted by Gasteiger charge is 2.33. The Bertz CT molecular complexity index is 1100. The van der Waals surface area contributed by atoms with Gasteiger partial charge in [0.1, 0.15) is 17.6 Å². The summed E-state index contributed by atoms with van der Waals surface area (Å²) in [4.78, 5) is 25.4. The fraction of sp³-hybridized carbons (Fsp3) is 0.227. The van der Waals surface area contributed by atoms with Crippen LogP contribution < -0.4 is 15.4 Å². The van der Waals surface area contributed by atoms with Crippen molar-refractivity contribution in [3.8, 4) is 16.9 Å². The van der Waals surface area contributed by atoms with Gasteiger partial charge in [0.2, 0.25) is 11.8 Å². The Labute approximate surface area is 168 Å². The highest BCUT2D eigenvalue weighted by molar-refractivity contribution is 6.03. The Morgan fingerprint density at radius 3 is 2.76 bits per heavy atom. The summed E-state index contributed by atoms with van der Waals surface area (Å²) in [5.74, 6) is 0.656. The lowest BCUT2D eigenvalue weighted by molar-refractivity contribution is -0.125. The van der Waals surface area contributed by atoms with Gasteiger partial charge in [-0.3, -0.25) is 9.59 Å². The number of methoxy groups -OCH3 is 1. The molecule has 0 radical (unpaired) electrons. The van der Waals surface area contributed by atoms with Crippen LogP contribution in [0, 0.1) is 13.8 Å². The standard InChI is InChI=1S/C22H22N4O3/c1-13-8-9-17(14(2)10-13)24-22(28)18-11-20(27)25-21-16(12-23-26(18)21)15-6-4-5-7-19(15)29-3/h4-10,12,18H,11H2,1-3H3,(H,24,28)(H,25,27). The van der Waals surface area contributed by atoms with E-state index in [-0.39, 0.29) is 18.2 Å². The molecule has 4 rings (SSSR count). The minimum Gasteiger partial charge on any atom is -0.496 e. The SMILES string of the molecule is COc1ccccc1-c1cnn2c1NC(=O)CC2C(=O)Nc1ccc(C)cc1C. The van der Waals surface area contributed by atoms with Crippen molar-refractivity contribution in [3.63, 3.8) is 0 Å². The quantitative estimate of drug-likeness (QED) is 0.711. The van der Waals surface area contributed by atoms with Crippen LogP contribution in [0.25, 0.3) is 11.1 Å². The second kappa shape index (κ2) is 7.43. The van der Waals surface area contributed by atoms with Gasteiger partial charge >= 0.3 is 0 Å². The van der Waals surface area contributed by atoms with Gasteiger partial charge in [-0.25, -0.2) is 4.68 Å². The summed E-state index contributed by atoms with van der Waals surface area (Å²) in [6.07, 6.45) is 1.67. The number of benzene rings is 2. The summed E-state index contributed by atoms with van der Waals surface area (Å²) in [6.45, 7) is 3.94. The van der Waals surface area contributed by atoms with Crippen LogP contribution in [0.4, 0.5) is 11.5 Å². The predicted molar refractivity (Wildman–Crippen MR) is 111 cm³/mol. The fourth-order valence-electron chi connectivity index (χ4n) is 3.61. The number of aromatic nitrogens is 2. The van der Waals surface area contributed by atoms with Crippen molar-refractivity contribution in [2.45, 2.75) is 26.3 Å². The number of amides is 2. The third-order valence-electron chi connectivity index (χ3n) is 5.07. The maximum Gasteiger partial charge on any atom is 0.249 e. The monoisotopic (exact) mass is 390 g/mol. The number of nitrogens with one attached hydrogen (secondary N) is 2. The molecule has 1 unspecified atom stereocenters. The van der Waals surface area contributed by atoms with Crippen LogP contribution >= 0.6 is 0 Å². The molecule has 2 heterocycles. The summed E-state index contributed by atoms with van der Waals surface area (Å²) in [7, 11) is 1.59. The number of para-hydroxylation sites is 1. The molecule has 0 spiro atoms. The summed E-state index contributed by atoms with van der Waals surface area (Å²) in [5.41, 5.74) is 4.32. The zero-order valence-electron chi connectivity index (χ0n) is 16.5. The van der Waals surface area contributed by atoms with Gasteiger partial charge in [0.05, 0.1) is 19.7 Å². The summed E-state index contributed by atoms with van der Waals surface area (Å²) < 4.78 is 7.01. The van der Waals surface area contributed by atoms with Crippen molar-refractivity contribution in [1.82, 2.24) is 9.78 Å². The molecule has 3 aromatic rings. The Hall–Kier alpha value is -3.61. The van der Waals surface area contributed by atoms with E-state index >= 15 is 0 Å². The molecule has 29 heavy (non-hydrogen) atoms. The van der Waals surface area contributed by atoms with Crippen molar-refractivity contribution in [2.75, 3.05) is 17.7 Å². The fourth-order valence-corrected chi connectivity index (χ4v) is 3.61. The molecule has 7 nitrogen and oxygen atoms in total. The van der Waals surface area contributed by atoms with Crippen LogP contribution in [0.3, 0.4) is 0 Å². The molecule has 2 amide bonds. The van der Waals surface area contributed by atoms with Crippen molar-refractivity contribution >= 4 is 23.3 Å². The summed E-state index contributed by atoms with van der Waals surface area (Å²) in [5, 5.41) is 10.2. The first-order valence-corrected chi connectivity index (χ1v) is 9.37. The molecule has 0 bridgehead atoms. The lowest BCUT2D eigenvalue weighted by atomic mass is 10.0. The predicted octanol–water partition coefficient (Wildman–Crippen LogP) is 3.70. The zero-order valence-corrected chi connectivity index (χ0v) is 16.5. The second-order valence-electron chi connectivity index (χ2n) is 7.13. The first-order valence-electron chi connectivity index (χ1n) is 9.37. The van der Waals surface area contributed by atoms with Crippen LogP contribution in [0.1, 0.15) is 23.6 Å². The smallest absolute Gasteiger partial charge is 0.249 e. The minimum atomic E-state index is -0.733. The van der Waals surface area contributed by atoms with E-state index in [1.54, 1.807) is 18.0 Å². The van der Waals surface area contributed by atoms with Gasteiger partial charge in [0.25, 0.3) is 0 Å². The van der Waals surface area contributed by atoms with Crippen LogP contribution in [0.5, 0.6) is 5.75 Å². The molecule has 1 aliphatic heterocycles. The lowest BCUT2D eigenvalue weighted by Crippen LogP contribution is -2.36. The van der Waals surface area contributed by atoms with Gasteiger partial charge in [0.15, 0.2) is 0 Å². The van der Waals surface area contributed by atoms with E-state index in [0.29, 0.717) is 17.1 Å². The average Bonchev–Trinajstić information content (AvgIpc) is 3.12. The third-order valence-corrected chi connectivity index (χ3v) is 5.07. The molecule has 2 aromatic carbocycles. The lowest BCUT2D eigenvalue weighted by Gasteiger charge is -2.25. The average molecular weight is 390 g/mol. The molecule has 148 valence electrons. The van der Waals surface area contributed by atoms with Crippen molar-refractivity contribution < 1.29 is 14.3 Å². The molecular formula is C22H22N4O3. The van der Waals surface area contributed by atoms with E-state index < -0.39 is 6.04 Å². The van der Waals surface area contributed by atoms with Gasteiger partial charge in [-0.15, -0.1) is 0 Å². The molecule has 0 fully saturated rings. The van der Waals surface area contributed by atoms with Gasteiger partial charge in [-0.05, 0) is 31.5 Å². The van der Waals surface area contributed by atoms with Gasteiger partial charge in [-0.2, -0.15) is 5.10 Å². The maximum atomic E-state index is 13.0. The van der Waals surface area contributed by atoms with Crippen molar-refractivity contribution in [3.05, 3.63) is 59.8 Å².